The van der Waals surface area contributed by atoms with Gasteiger partial charge in [-0.15, -0.1) is 0 Å². The molecule has 1 aliphatic rings. The van der Waals surface area contributed by atoms with Crippen molar-refractivity contribution in [2.75, 3.05) is 5.32 Å². The van der Waals surface area contributed by atoms with Crippen LogP contribution >= 0.6 is 0 Å². The molecule has 33 heavy (non-hydrogen) atoms. The Morgan fingerprint density at radius 1 is 1.27 bits per heavy atom. The maximum atomic E-state index is 13.3. The van der Waals surface area contributed by atoms with Crippen molar-refractivity contribution in [2.24, 2.45) is 0 Å². The molecule has 3 N–H and O–H groups in total. The maximum absolute atomic E-state index is 13.3. The number of amides is 1. The number of aryl methyl sites for hydroxylation is 2. The molecule has 8 heteroatoms. The topological polar surface area (TPSA) is 105 Å². The number of carbonyl (C=O) groups is 1. The second-order valence-electron chi connectivity index (χ2n) is 8.53. The van der Waals surface area contributed by atoms with E-state index in [2.05, 4.69) is 25.6 Å². The number of aromatic amines is 1. The number of nitrogens with one attached hydrogen (secondary N) is 3. The monoisotopic (exact) mass is 442 g/mol. The van der Waals surface area contributed by atoms with Crippen LogP contribution in [0.15, 0.2) is 59.8 Å². The Kier molecular flexibility index (Phi) is 5.42. The molecule has 0 unspecified atom stereocenters. The normalized spacial score (nSPS) is 15.9. The van der Waals surface area contributed by atoms with Crippen molar-refractivity contribution < 1.29 is 4.79 Å². The zero-order valence-electron chi connectivity index (χ0n) is 18.6. The Morgan fingerprint density at radius 2 is 2.12 bits per heavy atom. The van der Waals surface area contributed by atoms with Crippen LogP contribution in [0.4, 0.5) is 5.82 Å². The van der Waals surface area contributed by atoms with Crippen LogP contribution in [0.25, 0.3) is 10.9 Å². The third-order valence-electron chi connectivity index (χ3n) is 6.30. The second-order valence-corrected chi connectivity index (χ2v) is 8.53. The van der Waals surface area contributed by atoms with E-state index >= 15 is 0 Å². The van der Waals surface area contributed by atoms with Crippen molar-refractivity contribution in [3.05, 3.63) is 87.9 Å². The highest BCUT2D eigenvalue weighted by atomic mass is 16.2. The maximum Gasteiger partial charge on any atom is 0.294 e. The first kappa shape index (κ1) is 20.9. The molecule has 1 amide bonds. The van der Waals surface area contributed by atoms with Gasteiger partial charge >= 0.3 is 0 Å². The van der Waals surface area contributed by atoms with E-state index in [0.29, 0.717) is 19.4 Å². The van der Waals surface area contributed by atoms with Crippen molar-refractivity contribution in [1.29, 1.82) is 0 Å². The van der Waals surface area contributed by atoms with Gasteiger partial charge in [0.25, 0.3) is 5.56 Å². The summed E-state index contributed by atoms with van der Waals surface area (Å²) in [7, 11) is 0. The van der Waals surface area contributed by atoms with Crippen molar-refractivity contribution in [3.8, 4) is 0 Å². The highest BCUT2D eigenvalue weighted by Gasteiger charge is 2.30. The minimum absolute atomic E-state index is 0.0878. The third kappa shape index (κ3) is 4.00. The minimum Gasteiger partial charge on any atom is -0.359 e. The van der Waals surface area contributed by atoms with Crippen LogP contribution in [0, 0.1) is 6.92 Å². The zero-order chi connectivity index (χ0) is 22.9. The van der Waals surface area contributed by atoms with E-state index in [-0.39, 0.29) is 23.3 Å². The van der Waals surface area contributed by atoms with E-state index in [9.17, 15) is 9.59 Å². The lowest BCUT2D eigenvalue weighted by atomic mass is 10.0. The number of aromatic nitrogens is 4. The predicted octanol–water partition coefficient (Wildman–Crippen LogP) is 3.40. The molecule has 2 atom stereocenters. The van der Waals surface area contributed by atoms with Gasteiger partial charge in [0.1, 0.15) is 6.04 Å². The van der Waals surface area contributed by atoms with Gasteiger partial charge in [0.15, 0.2) is 5.82 Å². The number of H-pyrrole nitrogens is 1. The summed E-state index contributed by atoms with van der Waals surface area (Å²) in [6.07, 6.45) is 6.43. The highest BCUT2D eigenvalue weighted by Crippen LogP contribution is 2.25. The zero-order valence-corrected chi connectivity index (χ0v) is 18.6. The highest BCUT2D eigenvalue weighted by molar-refractivity contribution is 5.82. The number of benzene rings is 1. The average Bonchev–Trinajstić information content (AvgIpc) is 3.44. The molecule has 5 rings (SSSR count). The van der Waals surface area contributed by atoms with Gasteiger partial charge in [0.05, 0.1) is 12.6 Å². The molecule has 0 radical (unpaired) electrons. The van der Waals surface area contributed by atoms with Gasteiger partial charge in [0, 0.05) is 40.9 Å². The molecule has 0 saturated heterocycles. The van der Waals surface area contributed by atoms with E-state index in [1.165, 1.54) is 0 Å². The summed E-state index contributed by atoms with van der Waals surface area (Å²) in [4.78, 5) is 38.0. The summed E-state index contributed by atoms with van der Waals surface area (Å²) >= 11 is 0. The summed E-state index contributed by atoms with van der Waals surface area (Å²) in [6, 6.07) is 11.3. The third-order valence-corrected chi connectivity index (χ3v) is 6.30. The number of hydrogen-bond acceptors (Lipinski definition) is 5. The average molecular weight is 443 g/mol. The molecule has 8 nitrogen and oxygen atoms in total. The molecule has 3 aromatic heterocycles. The summed E-state index contributed by atoms with van der Waals surface area (Å²) in [5.41, 5.74) is 4.63. The number of nitrogens with zero attached hydrogens (tertiary/aromatic N) is 3. The van der Waals surface area contributed by atoms with Crippen LogP contribution in [0.1, 0.15) is 47.9 Å². The minimum atomic E-state index is -0.545. The SMILES string of the molecule is Cc1ccccc1[C@H](C)Nc1ncc2n(c1=O)[C@H](C(=O)NCc1cc3cnccc3[nH]1)CC2. The Labute approximate surface area is 191 Å². The Balaban J connectivity index is 1.33. The molecule has 4 heterocycles. The van der Waals surface area contributed by atoms with E-state index in [0.717, 1.165) is 33.4 Å². The molecule has 0 aliphatic carbocycles. The standard InChI is InChI=1S/C25H26N6O2/c1-15-5-3-4-6-20(15)16(2)29-23-25(33)31-19(14-27-23)7-8-22(31)24(32)28-13-18-11-17-12-26-10-9-21(17)30-18/h3-6,9-12,14,16,22,30H,7-8,13H2,1-2H3,(H,27,29)(H,28,32)/t16-,22-/m0/s1. The number of hydrogen-bond donors (Lipinski definition) is 3. The van der Waals surface area contributed by atoms with Crippen LogP contribution in [0.3, 0.4) is 0 Å². The lowest BCUT2D eigenvalue weighted by Gasteiger charge is -2.19. The van der Waals surface area contributed by atoms with E-state index in [1.807, 2.05) is 50.2 Å². The van der Waals surface area contributed by atoms with Crippen LogP contribution in [0.5, 0.6) is 0 Å². The molecule has 1 aromatic carbocycles. The van der Waals surface area contributed by atoms with E-state index in [4.69, 9.17) is 0 Å². The van der Waals surface area contributed by atoms with E-state index < -0.39 is 6.04 Å². The molecule has 4 aromatic rings. The first-order valence-electron chi connectivity index (χ1n) is 11.1. The van der Waals surface area contributed by atoms with E-state index in [1.54, 1.807) is 23.2 Å². The number of fused-ring (bicyclic) bond motifs is 2. The van der Waals surface area contributed by atoms with Gasteiger partial charge in [-0.05, 0) is 49.9 Å². The fourth-order valence-corrected chi connectivity index (χ4v) is 4.57. The smallest absolute Gasteiger partial charge is 0.294 e. The van der Waals surface area contributed by atoms with Crippen LogP contribution < -0.4 is 16.2 Å². The number of anilines is 1. The molecule has 0 saturated carbocycles. The quantitative estimate of drug-likeness (QED) is 0.425. The molecule has 0 spiro atoms. The summed E-state index contributed by atoms with van der Waals surface area (Å²) in [5.74, 6) is 0.0917. The molecule has 0 fully saturated rings. The molecule has 168 valence electrons. The first-order chi connectivity index (χ1) is 16.0. The number of rotatable bonds is 6. The fraction of sp³-hybridized carbons (Fsp3) is 0.280. The molecule has 0 bridgehead atoms. The van der Waals surface area contributed by atoms with Crippen LogP contribution in [0.2, 0.25) is 0 Å². The lowest BCUT2D eigenvalue weighted by Crippen LogP contribution is -2.36. The van der Waals surface area contributed by atoms with Crippen molar-refractivity contribution in [3.63, 3.8) is 0 Å². The van der Waals surface area contributed by atoms with Gasteiger partial charge in [0.2, 0.25) is 5.91 Å². The summed E-state index contributed by atoms with van der Waals surface area (Å²) < 4.78 is 1.59. The molecular formula is C25H26N6O2. The summed E-state index contributed by atoms with van der Waals surface area (Å²) in [6.45, 7) is 4.40. The number of carbonyl (C=O) groups excluding carboxylic acids is 1. The first-order valence-corrected chi connectivity index (χ1v) is 11.1. The molecule has 1 aliphatic heterocycles. The number of pyridine rings is 1. The van der Waals surface area contributed by atoms with Crippen molar-refractivity contribution in [2.45, 2.75) is 45.3 Å². The predicted molar refractivity (Wildman–Crippen MR) is 127 cm³/mol. The van der Waals surface area contributed by atoms with Gasteiger partial charge in [-0.25, -0.2) is 4.98 Å². The van der Waals surface area contributed by atoms with Gasteiger partial charge < -0.3 is 15.6 Å². The van der Waals surface area contributed by atoms with Gasteiger partial charge in [-0.1, -0.05) is 24.3 Å². The van der Waals surface area contributed by atoms with Gasteiger partial charge in [-0.3, -0.25) is 19.1 Å². The van der Waals surface area contributed by atoms with Crippen molar-refractivity contribution in [1.82, 2.24) is 24.8 Å². The van der Waals surface area contributed by atoms with Gasteiger partial charge in [-0.2, -0.15) is 0 Å². The van der Waals surface area contributed by atoms with Crippen LogP contribution in [-0.4, -0.2) is 25.4 Å². The molecular weight excluding hydrogens is 416 g/mol. The van der Waals surface area contributed by atoms with Crippen molar-refractivity contribution >= 4 is 22.6 Å². The lowest BCUT2D eigenvalue weighted by molar-refractivity contribution is -0.124. The Bertz CT molecular complexity index is 1360. The fourth-order valence-electron chi connectivity index (χ4n) is 4.57. The second kappa shape index (κ2) is 8.54. The Morgan fingerprint density at radius 3 is 2.94 bits per heavy atom. The van der Waals surface area contributed by atoms with Crippen LogP contribution in [-0.2, 0) is 17.8 Å². The summed E-state index contributed by atoms with van der Waals surface area (Å²) in [5, 5.41) is 7.21. The largest absolute Gasteiger partial charge is 0.359 e. The Hall–Kier alpha value is -3.94.